The van der Waals surface area contributed by atoms with Crippen LogP contribution in [-0.4, -0.2) is 39.8 Å². The van der Waals surface area contributed by atoms with Crippen LogP contribution in [0, 0.1) is 5.41 Å². The van der Waals surface area contributed by atoms with E-state index in [4.69, 9.17) is 5.41 Å². The first-order chi connectivity index (χ1) is 12.4. The molecule has 0 fully saturated rings. The molecular formula is C19H19BrN4O2. The number of fused-ring (bicyclic) bond motifs is 1. The summed E-state index contributed by atoms with van der Waals surface area (Å²) in [5.74, 6) is -0.191. The summed E-state index contributed by atoms with van der Waals surface area (Å²) in [5, 5.41) is 8.49. The summed E-state index contributed by atoms with van der Waals surface area (Å²) in [6.45, 7) is 0.107. The van der Waals surface area contributed by atoms with E-state index in [-0.39, 0.29) is 30.4 Å². The second-order valence-corrected chi connectivity index (χ2v) is 7.12. The van der Waals surface area contributed by atoms with Crippen molar-refractivity contribution < 1.29 is 9.59 Å². The molecule has 2 aromatic carbocycles. The molecule has 6 nitrogen and oxygen atoms in total. The van der Waals surface area contributed by atoms with Crippen LogP contribution >= 0.6 is 15.9 Å². The van der Waals surface area contributed by atoms with Gasteiger partial charge in [0.05, 0.1) is 17.6 Å². The molecule has 0 aliphatic carbocycles. The van der Waals surface area contributed by atoms with Crippen molar-refractivity contribution in [1.29, 1.82) is 5.41 Å². The average Bonchev–Trinajstić information content (AvgIpc) is 2.88. The zero-order valence-corrected chi connectivity index (χ0v) is 16.2. The molecule has 7 heteroatoms. The average molecular weight is 415 g/mol. The van der Waals surface area contributed by atoms with Crippen LogP contribution in [0.15, 0.2) is 53.0 Å². The third-order valence-electron chi connectivity index (χ3n) is 4.23. The van der Waals surface area contributed by atoms with Crippen LogP contribution in [0.3, 0.4) is 0 Å². The molecule has 26 heavy (non-hydrogen) atoms. The van der Waals surface area contributed by atoms with Gasteiger partial charge in [-0.3, -0.25) is 15.0 Å². The number of nitrogens with zero attached hydrogens (tertiary/aromatic N) is 3. The van der Waals surface area contributed by atoms with Gasteiger partial charge in [-0.05, 0) is 24.3 Å². The number of imidazole rings is 1. The number of hydrogen-bond donors (Lipinski definition) is 1. The zero-order valence-electron chi connectivity index (χ0n) is 14.6. The fourth-order valence-electron chi connectivity index (χ4n) is 2.76. The van der Waals surface area contributed by atoms with E-state index >= 15 is 0 Å². The predicted octanol–water partition coefficient (Wildman–Crippen LogP) is 2.66. The largest absolute Gasteiger partial charge is 0.347 e. The molecular weight excluding hydrogens is 396 g/mol. The van der Waals surface area contributed by atoms with Crippen LogP contribution < -0.4 is 5.62 Å². The molecule has 1 amide bonds. The first kappa shape index (κ1) is 18.1. The molecule has 3 aromatic rings. The highest BCUT2D eigenvalue weighted by molar-refractivity contribution is 9.10. The highest BCUT2D eigenvalue weighted by atomic mass is 79.9. The number of rotatable bonds is 5. The number of benzene rings is 2. The van der Waals surface area contributed by atoms with Crippen molar-refractivity contribution in [2.75, 3.05) is 14.1 Å². The summed E-state index contributed by atoms with van der Waals surface area (Å²) in [6.07, 6.45) is 0. The Morgan fingerprint density at radius 1 is 0.962 bits per heavy atom. The minimum absolute atomic E-state index is 0.0458. The molecule has 0 saturated carbocycles. The lowest BCUT2D eigenvalue weighted by Crippen LogP contribution is -2.33. The molecule has 0 spiro atoms. The maximum atomic E-state index is 12.7. The summed E-state index contributed by atoms with van der Waals surface area (Å²) < 4.78 is 4.18. The third-order valence-corrected chi connectivity index (χ3v) is 4.76. The fraction of sp³-hybridized carbons (Fsp3) is 0.211. The molecule has 0 saturated heterocycles. The number of amides is 1. The molecule has 1 aromatic heterocycles. The van der Waals surface area contributed by atoms with Crippen molar-refractivity contribution in [2.45, 2.75) is 13.1 Å². The van der Waals surface area contributed by atoms with E-state index < -0.39 is 0 Å². The minimum atomic E-state index is -0.106. The van der Waals surface area contributed by atoms with Crippen molar-refractivity contribution >= 4 is 38.7 Å². The molecule has 0 atom stereocenters. The van der Waals surface area contributed by atoms with Gasteiger partial charge in [0.2, 0.25) is 11.5 Å². The predicted molar refractivity (Wildman–Crippen MR) is 103 cm³/mol. The van der Waals surface area contributed by atoms with Gasteiger partial charge >= 0.3 is 0 Å². The van der Waals surface area contributed by atoms with Crippen LogP contribution in [0.2, 0.25) is 0 Å². The van der Waals surface area contributed by atoms with E-state index in [0.717, 1.165) is 15.5 Å². The second-order valence-electron chi connectivity index (χ2n) is 6.20. The van der Waals surface area contributed by atoms with Crippen molar-refractivity contribution in [3.05, 3.63) is 64.2 Å². The summed E-state index contributed by atoms with van der Waals surface area (Å²) >= 11 is 3.36. The van der Waals surface area contributed by atoms with Gasteiger partial charge in [-0.15, -0.1) is 0 Å². The van der Waals surface area contributed by atoms with Crippen molar-refractivity contribution in [2.24, 2.45) is 0 Å². The van der Waals surface area contributed by atoms with Crippen LogP contribution in [0.4, 0.5) is 0 Å². The molecule has 0 radical (unpaired) electrons. The highest BCUT2D eigenvalue weighted by Crippen LogP contribution is 2.15. The van der Waals surface area contributed by atoms with Crippen LogP contribution in [-0.2, 0) is 17.9 Å². The number of halogens is 1. The molecule has 0 bridgehead atoms. The maximum absolute atomic E-state index is 12.7. The molecule has 0 unspecified atom stereocenters. The Balaban J connectivity index is 2.02. The maximum Gasteiger partial charge on any atom is 0.242 e. The number of aromatic nitrogens is 2. The SMILES string of the molecule is CN(C)C(=O)Cn1c(=N)n(CC(=O)c2ccc(Br)cc2)c2ccccc21. The van der Waals surface area contributed by atoms with Gasteiger partial charge in [0.15, 0.2) is 5.78 Å². The van der Waals surface area contributed by atoms with E-state index in [1.54, 1.807) is 35.4 Å². The van der Waals surface area contributed by atoms with Gasteiger partial charge in [-0.1, -0.05) is 40.2 Å². The standard InChI is InChI=1S/C19H19BrN4O2/c1-22(2)18(26)12-24-16-6-4-3-5-15(16)23(19(24)21)11-17(25)13-7-9-14(20)10-8-13/h3-10,21H,11-12H2,1-2H3. The van der Waals surface area contributed by atoms with Crippen LogP contribution in [0.5, 0.6) is 0 Å². The molecule has 0 aliphatic heterocycles. The number of likely N-dealkylation sites (N-methyl/N-ethyl adjacent to an activating group) is 1. The number of Topliss-reactive ketones (excluding diaryl/α,β-unsaturated/α-hetero) is 1. The van der Waals surface area contributed by atoms with E-state index in [1.807, 2.05) is 36.4 Å². The Bertz CT molecular complexity index is 1030. The van der Waals surface area contributed by atoms with Gasteiger partial charge in [0.1, 0.15) is 6.54 Å². The smallest absolute Gasteiger partial charge is 0.242 e. The Morgan fingerprint density at radius 2 is 1.50 bits per heavy atom. The Labute approximate surface area is 159 Å². The monoisotopic (exact) mass is 414 g/mol. The summed E-state index contributed by atoms with van der Waals surface area (Å²) in [7, 11) is 3.37. The first-order valence-electron chi connectivity index (χ1n) is 8.10. The number of hydrogen-bond acceptors (Lipinski definition) is 3. The van der Waals surface area contributed by atoms with Crippen molar-refractivity contribution in [3.63, 3.8) is 0 Å². The number of para-hydroxylation sites is 2. The highest BCUT2D eigenvalue weighted by Gasteiger charge is 2.16. The van der Waals surface area contributed by atoms with Crippen molar-refractivity contribution in [3.8, 4) is 0 Å². The fourth-order valence-corrected chi connectivity index (χ4v) is 3.03. The van der Waals surface area contributed by atoms with E-state index in [1.165, 1.54) is 4.90 Å². The first-order valence-corrected chi connectivity index (χ1v) is 8.89. The molecule has 134 valence electrons. The lowest BCUT2D eigenvalue weighted by atomic mass is 10.1. The van der Waals surface area contributed by atoms with E-state index in [9.17, 15) is 9.59 Å². The Hall–Kier alpha value is -2.67. The third kappa shape index (κ3) is 3.48. The topological polar surface area (TPSA) is 71.1 Å². The van der Waals surface area contributed by atoms with Gasteiger partial charge in [0.25, 0.3) is 0 Å². The van der Waals surface area contributed by atoms with E-state index in [2.05, 4.69) is 15.9 Å². The van der Waals surface area contributed by atoms with Gasteiger partial charge in [-0.25, -0.2) is 0 Å². The van der Waals surface area contributed by atoms with Gasteiger partial charge in [0, 0.05) is 24.1 Å². The summed E-state index contributed by atoms with van der Waals surface area (Å²) in [5.41, 5.74) is 2.24. The number of nitrogens with one attached hydrogen (secondary N) is 1. The normalized spacial score (nSPS) is 10.9. The zero-order chi connectivity index (χ0) is 18.8. The Kier molecular flexibility index (Phi) is 5.08. The number of ketones is 1. The van der Waals surface area contributed by atoms with Crippen LogP contribution in [0.1, 0.15) is 10.4 Å². The van der Waals surface area contributed by atoms with E-state index in [0.29, 0.717) is 5.56 Å². The molecule has 3 rings (SSSR count). The summed E-state index contributed by atoms with van der Waals surface area (Å²) in [6, 6.07) is 14.6. The number of carbonyl (C=O) groups excluding carboxylic acids is 2. The summed E-state index contributed by atoms with van der Waals surface area (Å²) in [4.78, 5) is 26.3. The Morgan fingerprint density at radius 3 is 2.04 bits per heavy atom. The van der Waals surface area contributed by atoms with Gasteiger partial charge in [-0.2, -0.15) is 0 Å². The molecule has 1 heterocycles. The lowest BCUT2D eigenvalue weighted by molar-refractivity contribution is -0.129. The van der Waals surface area contributed by atoms with Crippen LogP contribution in [0.25, 0.3) is 11.0 Å². The van der Waals surface area contributed by atoms with Crippen molar-refractivity contribution in [1.82, 2.24) is 14.0 Å². The molecule has 1 N–H and O–H groups in total. The molecule has 0 aliphatic rings. The quantitative estimate of drug-likeness (QED) is 0.651. The van der Waals surface area contributed by atoms with Gasteiger partial charge < -0.3 is 14.0 Å². The second kappa shape index (κ2) is 7.29. The minimum Gasteiger partial charge on any atom is -0.347 e. The lowest BCUT2D eigenvalue weighted by Gasteiger charge is -2.11. The number of carbonyl (C=O) groups is 2.